The standard InChI is InChI=1S/C19H16F2N6OS/c20-19(21)5-4-15(8-19)29(28)16-7-13-9-25-27(18(13)22-10-16)14-3-1-2-12(6-14)17-23-11-24-26-17/h1-3,6-7,9-11,15H,4-5,8H2,(H,23,24,26)/t15-,29?/m0/s1. The number of aromatic nitrogens is 6. The molecule has 0 amide bonds. The van der Waals surface area contributed by atoms with Crippen LogP contribution in [-0.4, -0.2) is 45.3 Å². The van der Waals surface area contributed by atoms with E-state index in [-0.39, 0.29) is 19.3 Å². The summed E-state index contributed by atoms with van der Waals surface area (Å²) in [6, 6.07) is 9.30. The first-order valence-electron chi connectivity index (χ1n) is 9.08. The summed E-state index contributed by atoms with van der Waals surface area (Å²) in [6.07, 6.45) is 4.27. The average Bonchev–Trinajstić information content (AvgIpc) is 3.46. The Morgan fingerprint density at radius 3 is 2.86 bits per heavy atom. The van der Waals surface area contributed by atoms with E-state index in [0.717, 1.165) is 11.3 Å². The SMILES string of the molecule is O=S(c1cnc2c(cnn2-c2cccc(-c3ncn[nH]3)c2)c1)[C@H]1CCC(F)(F)C1. The predicted molar refractivity (Wildman–Crippen MR) is 103 cm³/mol. The Morgan fingerprint density at radius 1 is 1.21 bits per heavy atom. The summed E-state index contributed by atoms with van der Waals surface area (Å²) < 4.78 is 41.3. The molecule has 1 saturated carbocycles. The Bertz CT molecular complexity index is 1210. The zero-order chi connectivity index (χ0) is 20.0. The molecule has 1 fully saturated rings. The topological polar surface area (TPSA) is 89.3 Å². The second-order valence-electron chi connectivity index (χ2n) is 7.04. The summed E-state index contributed by atoms with van der Waals surface area (Å²) >= 11 is 0. The van der Waals surface area contributed by atoms with Gasteiger partial charge in [0.1, 0.15) is 6.33 Å². The molecule has 1 aliphatic carbocycles. The lowest BCUT2D eigenvalue weighted by atomic mass is 10.2. The van der Waals surface area contributed by atoms with Gasteiger partial charge in [0, 0.05) is 35.2 Å². The first-order valence-corrected chi connectivity index (χ1v) is 10.3. The summed E-state index contributed by atoms with van der Waals surface area (Å²) in [4.78, 5) is 9.03. The molecule has 148 valence electrons. The van der Waals surface area contributed by atoms with Crippen molar-refractivity contribution in [3.8, 4) is 17.1 Å². The van der Waals surface area contributed by atoms with Crippen LogP contribution in [0.15, 0.2) is 53.9 Å². The largest absolute Gasteiger partial charge is 0.259 e. The molecule has 3 heterocycles. The van der Waals surface area contributed by atoms with Crippen LogP contribution >= 0.6 is 0 Å². The molecule has 10 heteroatoms. The van der Waals surface area contributed by atoms with E-state index in [4.69, 9.17) is 0 Å². The van der Waals surface area contributed by atoms with Gasteiger partial charge < -0.3 is 0 Å². The maximum absolute atomic E-state index is 13.5. The number of rotatable bonds is 4. The van der Waals surface area contributed by atoms with Crippen LogP contribution in [0.5, 0.6) is 0 Å². The highest BCUT2D eigenvalue weighted by atomic mass is 32.2. The molecule has 1 unspecified atom stereocenters. The third-order valence-corrected chi connectivity index (χ3v) is 6.75. The molecule has 1 aromatic carbocycles. The second kappa shape index (κ2) is 6.80. The van der Waals surface area contributed by atoms with Gasteiger partial charge in [-0.25, -0.2) is 23.4 Å². The zero-order valence-electron chi connectivity index (χ0n) is 15.1. The minimum Gasteiger partial charge on any atom is -0.259 e. The van der Waals surface area contributed by atoms with Gasteiger partial charge in [0.15, 0.2) is 11.5 Å². The van der Waals surface area contributed by atoms with E-state index < -0.39 is 22.0 Å². The molecule has 7 nitrogen and oxygen atoms in total. The number of H-pyrrole nitrogens is 1. The highest BCUT2D eigenvalue weighted by molar-refractivity contribution is 7.85. The molecule has 4 aromatic rings. The molecule has 1 aliphatic rings. The van der Waals surface area contributed by atoms with E-state index in [0.29, 0.717) is 21.8 Å². The van der Waals surface area contributed by atoms with Crippen LogP contribution < -0.4 is 0 Å². The lowest BCUT2D eigenvalue weighted by molar-refractivity contribution is 0.00967. The predicted octanol–water partition coefficient (Wildman–Crippen LogP) is 3.50. The van der Waals surface area contributed by atoms with E-state index >= 15 is 0 Å². The van der Waals surface area contributed by atoms with Crippen LogP contribution in [0.3, 0.4) is 0 Å². The van der Waals surface area contributed by atoms with Crippen molar-refractivity contribution < 1.29 is 13.0 Å². The smallest absolute Gasteiger partial charge is 0.249 e. The quantitative estimate of drug-likeness (QED) is 0.552. The van der Waals surface area contributed by atoms with Gasteiger partial charge in [-0.15, -0.1) is 0 Å². The van der Waals surface area contributed by atoms with Crippen LogP contribution in [0, 0.1) is 0 Å². The lowest BCUT2D eigenvalue weighted by Crippen LogP contribution is -2.16. The van der Waals surface area contributed by atoms with Crippen LogP contribution in [0.25, 0.3) is 28.1 Å². The highest BCUT2D eigenvalue weighted by Gasteiger charge is 2.42. The molecule has 0 aliphatic heterocycles. The number of nitrogens with zero attached hydrogens (tertiary/aromatic N) is 5. The minimum absolute atomic E-state index is 0.210. The van der Waals surface area contributed by atoms with Crippen molar-refractivity contribution in [3.05, 3.63) is 49.1 Å². The van der Waals surface area contributed by atoms with E-state index in [2.05, 4.69) is 25.3 Å². The fourth-order valence-electron chi connectivity index (χ4n) is 3.61. The molecule has 0 saturated heterocycles. The van der Waals surface area contributed by atoms with Gasteiger partial charge in [-0.3, -0.25) is 9.31 Å². The molecule has 2 atom stereocenters. The van der Waals surface area contributed by atoms with Crippen LogP contribution in [0.2, 0.25) is 0 Å². The molecule has 0 radical (unpaired) electrons. The Morgan fingerprint density at radius 2 is 2.10 bits per heavy atom. The molecule has 5 rings (SSSR count). The third kappa shape index (κ3) is 3.33. The molecular weight excluding hydrogens is 398 g/mol. The van der Waals surface area contributed by atoms with E-state index in [1.54, 1.807) is 16.9 Å². The molecule has 3 aromatic heterocycles. The van der Waals surface area contributed by atoms with Crippen molar-refractivity contribution in [2.45, 2.75) is 35.3 Å². The fourth-order valence-corrected chi connectivity index (χ4v) is 5.13. The normalized spacial score (nSPS) is 19.6. The van der Waals surface area contributed by atoms with Crippen molar-refractivity contribution in [1.29, 1.82) is 0 Å². The summed E-state index contributed by atoms with van der Waals surface area (Å²) in [5.41, 5.74) is 2.23. The molecule has 0 bridgehead atoms. The first kappa shape index (κ1) is 18.0. The van der Waals surface area contributed by atoms with Crippen molar-refractivity contribution in [1.82, 2.24) is 29.9 Å². The van der Waals surface area contributed by atoms with Crippen LogP contribution in [0.1, 0.15) is 19.3 Å². The van der Waals surface area contributed by atoms with Crippen LogP contribution in [0.4, 0.5) is 8.78 Å². The summed E-state index contributed by atoms with van der Waals surface area (Å²) in [5, 5.41) is 11.2. The number of alkyl halides is 2. The van der Waals surface area contributed by atoms with Crippen molar-refractivity contribution >= 4 is 21.8 Å². The molecule has 0 spiro atoms. The minimum atomic E-state index is -2.72. The maximum Gasteiger partial charge on any atom is 0.249 e. The van der Waals surface area contributed by atoms with Gasteiger partial charge in [0.05, 0.1) is 27.6 Å². The number of aromatic amines is 1. The Balaban J connectivity index is 1.47. The van der Waals surface area contributed by atoms with E-state index in [9.17, 15) is 13.0 Å². The summed E-state index contributed by atoms with van der Waals surface area (Å²) in [7, 11) is -1.52. The highest BCUT2D eigenvalue weighted by Crippen LogP contribution is 2.38. The van der Waals surface area contributed by atoms with Gasteiger partial charge in [-0.05, 0) is 24.6 Å². The number of halogens is 2. The third-order valence-electron chi connectivity index (χ3n) is 5.06. The van der Waals surface area contributed by atoms with Gasteiger partial charge in [-0.2, -0.15) is 10.2 Å². The molecule has 1 N–H and O–H groups in total. The number of pyridine rings is 1. The lowest BCUT2D eigenvalue weighted by Gasteiger charge is -2.10. The van der Waals surface area contributed by atoms with Crippen molar-refractivity contribution in [2.24, 2.45) is 0 Å². The number of nitrogens with one attached hydrogen (secondary N) is 1. The first-order chi connectivity index (χ1) is 14.0. The number of fused-ring (bicyclic) bond motifs is 1. The van der Waals surface area contributed by atoms with Gasteiger partial charge in [0.2, 0.25) is 5.92 Å². The number of benzene rings is 1. The van der Waals surface area contributed by atoms with Crippen molar-refractivity contribution in [3.63, 3.8) is 0 Å². The Hall–Kier alpha value is -3.01. The van der Waals surface area contributed by atoms with E-state index in [1.165, 1.54) is 12.5 Å². The van der Waals surface area contributed by atoms with Gasteiger partial charge >= 0.3 is 0 Å². The maximum atomic E-state index is 13.5. The van der Waals surface area contributed by atoms with Gasteiger partial charge in [0.25, 0.3) is 0 Å². The zero-order valence-corrected chi connectivity index (χ0v) is 15.9. The van der Waals surface area contributed by atoms with E-state index in [1.807, 2.05) is 24.3 Å². The number of hydrogen-bond donors (Lipinski definition) is 1. The average molecular weight is 414 g/mol. The van der Waals surface area contributed by atoms with Gasteiger partial charge in [-0.1, -0.05) is 12.1 Å². The van der Waals surface area contributed by atoms with Crippen molar-refractivity contribution in [2.75, 3.05) is 0 Å². The van der Waals surface area contributed by atoms with Crippen LogP contribution in [-0.2, 0) is 10.8 Å². The molecular formula is C19H16F2N6OS. The summed E-state index contributed by atoms with van der Waals surface area (Å²) in [5.74, 6) is -2.08. The second-order valence-corrected chi connectivity index (χ2v) is 8.78. The molecule has 29 heavy (non-hydrogen) atoms. The summed E-state index contributed by atoms with van der Waals surface area (Å²) in [6.45, 7) is 0. The number of hydrogen-bond acceptors (Lipinski definition) is 5. The monoisotopic (exact) mass is 414 g/mol. The Labute approximate surface area is 166 Å². The fraction of sp³-hybridized carbons (Fsp3) is 0.263. The Kier molecular flexibility index (Phi) is 4.23.